The molecule has 31 heavy (non-hydrogen) atoms. The lowest BCUT2D eigenvalue weighted by Gasteiger charge is -2.64. The fourth-order valence-electron chi connectivity index (χ4n) is 6.00. The molecular formula is C23H32BNO6. The van der Waals surface area contributed by atoms with Crippen LogP contribution >= 0.6 is 0 Å². The van der Waals surface area contributed by atoms with E-state index in [0.29, 0.717) is 24.0 Å². The quantitative estimate of drug-likeness (QED) is 0.614. The van der Waals surface area contributed by atoms with Gasteiger partial charge in [0.25, 0.3) is 0 Å². The van der Waals surface area contributed by atoms with Crippen LogP contribution in [0, 0.1) is 17.3 Å². The minimum Gasteiger partial charge on any atom is -0.496 e. The average molecular weight is 429 g/mol. The predicted octanol–water partition coefficient (Wildman–Crippen LogP) is 2.75. The molecule has 0 spiro atoms. The van der Waals surface area contributed by atoms with Gasteiger partial charge in [0.15, 0.2) is 0 Å². The van der Waals surface area contributed by atoms with Crippen molar-refractivity contribution in [1.82, 2.24) is 5.32 Å². The topological polar surface area (TPSA) is 94.1 Å². The molecule has 168 valence electrons. The van der Waals surface area contributed by atoms with Gasteiger partial charge in [-0.1, -0.05) is 26.0 Å². The zero-order chi connectivity index (χ0) is 22.6. The molecule has 0 radical (unpaired) electrons. The Balaban J connectivity index is 1.59. The Bertz CT molecular complexity index is 889. The lowest BCUT2D eigenvalue weighted by molar-refractivity contribution is -0.199. The maximum Gasteiger partial charge on any atom is 0.476 e. The van der Waals surface area contributed by atoms with Crippen molar-refractivity contribution in [2.45, 2.75) is 64.6 Å². The van der Waals surface area contributed by atoms with E-state index >= 15 is 0 Å². The van der Waals surface area contributed by atoms with Crippen LogP contribution in [-0.2, 0) is 20.5 Å². The summed E-state index contributed by atoms with van der Waals surface area (Å²) in [5.41, 5.74) is 0.735. The van der Waals surface area contributed by atoms with Crippen molar-refractivity contribution < 1.29 is 28.7 Å². The van der Waals surface area contributed by atoms with Crippen molar-refractivity contribution in [3.8, 4) is 5.75 Å². The number of carboxylic acids is 1. The van der Waals surface area contributed by atoms with Crippen molar-refractivity contribution >= 4 is 18.9 Å². The van der Waals surface area contributed by atoms with E-state index in [4.69, 9.17) is 14.0 Å². The summed E-state index contributed by atoms with van der Waals surface area (Å²) in [7, 11) is 0.944. The molecule has 0 aromatic heterocycles. The van der Waals surface area contributed by atoms with E-state index in [0.717, 1.165) is 18.4 Å². The Hall–Kier alpha value is -1.90. The van der Waals surface area contributed by atoms with Gasteiger partial charge in [0.2, 0.25) is 0 Å². The predicted molar refractivity (Wildman–Crippen MR) is 116 cm³/mol. The van der Waals surface area contributed by atoms with Gasteiger partial charge in [0.1, 0.15) is 17.1 Å². The summed E-state index contributed by atoms with van der Waals surface area (Å²) < 4.78 is 18.5. The van der Waals surface area contributed by atoms with Crippen LogP contribution in [0.3, 0.4) is 0 Å². The van der Waals surface area contributed by atoms with E-state index in [9.17, 15) is 14.7 Å². The SMILES string of the molecule is COc1c(CC(NCC(C)=O)B2OC3CC4CC(C4(C)C)C3(C)O2)cccc1C(=O)O. The molecule has 5 unspecified atom stereocenters. The number of ether oxygens (including phenoxy) is 1. The van der Waals surface area contributed by atoms with Gasteiger partial charge in [-0.15, -0.1) is 0 Å². The van der Waals surface area contributed by atoms with Crippen LogP contribution in [0.4, 0.5) is 0 Å². The van der Waals surface area contributed by atoms with Gasteiger partial charge in [0.05, 0.1) is 25.4 Å². The smallest absolute Gasteiger partial charge is 0.476 e. The van der Waals surface area contributed by atoms with Gasteiger partial charge in [-0.05, 0) is 62.0 Å². The minimum atomic E-state index is -1.04. The van der Waals surface area contributed by atoms with Gasteiger partial charge in [-0.3, -0.25) is 4.79 Å². The number of ketones is 1. The van der Waals surface area contributed by atoms with Crippen LogP contribution in [0.5, 0.6) is 5.75 Å². The molecule has 2 N–H and O–H groups in total. The van der Waals surface area contributed by atoms with E-state index in [1.54, 1.807) is 6.07 Å². The van der Waals surface area contributed by atoms with Gasteiger partial charge in [0, 0.05) is 5.94 Å². The number of aromatic carboxylic acids is 1. The van der Waals surface area contributed by atoms with E-state index in [1.807, 2.05) is 6.07 Å². The monoisotopic (exact) mass is 429 g/mol. The number of para-hydroxylation sites is 1. The highest BCUT2D eigenvalue weighted by atomic mass is 16.7. The summed E-state index contributed by atoms with van der Waals surface area (Å²) >= 11 is 0. The molecule has 1 heterocycles. The maximum absolute atomic E-state index is 11.7. The molecule has 5 atom stereocenters. The number of methoxy groups -OCH3 is 1. The highest BCUT2D eigenvalue weighted by Crippen LogP contribution is 2.65. The van der Waals surface area contributed by atoms with Gasteiger partial charge in [-0.2, -0.15) is 0 Å². The number of carbonyl (C=O) groups excluding carboxylic acids is 1. The number of benzene rings is 1. The summed E-state index contributed by atoms with van der Waals surface area (Å²) in [6, 6.07) is 5.08. The summed E-state index contributed by atoms with van der Waals surface area (Å²) in [5.74, 6) is 0.0716. The zero-order valence-electron chi connectivity index (χ0n) is 18.9. The van der Waals surface area contributed by atoms with Crippen molar-refractivity contribution in [2.24, 2.45) is 17.3 Å². The number of hydrogen-bond acceptors (Lipinski definition) is 6. The van der Waals surface area contributed by atoms with Crippen LogP contribution in [0.2, 0.25) is 0 Å². The van der Waals surface area contributed by atoms with Crippen LogP contribution in [0.15, 0.2) is 18.2 Å². The van der Waals surface area contributed by atoms with E-state index in [-0.39, 0.29) is 41.0 Å². The number of carbonyl (C=O) groups is 2. The standard InChI is InChI=1S/C23H32BNO6/c1-13(26)12-25-19(9-14-7-6-8-16(21(27)28)20(14)29-5)24-30-18-11-15-10-17(22(15,2)3)23(18,4)31-24/h6-8,15,17-19,25H,9-12H2,1-5H3,(H,27,28). The normalized spacial score (nSPS) is 31.5. The van der Waals surface area contributed by atoms with Crippen molar-refractivity contribution in [2.75, 3.05) is 13.7 Å². The zero-order valence-corrected chi connectivity index (χ0v) is 18.9. The highest BCUT2D eigenvalue weighted by molar-refractivity contribution is 6.47. The first-order valence-electron chi connectivity index (χ1n) is 11.0. The van der Waals surface area contributed by atoms with Crippen molar-refractivity contribution in [3.05, 3.63) is 29.3 Å². The third-order valence-corrected chi connectivity index (χ3v) is 7.88. The number of hydrogen-bond donors (Lipinski definition) is 2. The molecule has 1 aromatic rings. The molecule has 4 fully saturated rings. The number of Topliss-reactive ketones (excluding diaryl/α,β-unsaturated/α-hetero) is 1. The number of nitrogens with one attached hydrogen (secondary N) is 1. The summed E-state index contributed by atoms with van der Waals surface area (Å²) in [5, 5.41) is 12.8. The molecule has 7 nitrogen and oxygen atoms in total. The highest BCUT2D eigenvalue weighted by Gasteiger charge is 2.68. The fourth-order valence-corrected chi connectivity index (χ4v) is 6.00. The molecule has 1 aliphatic heterocycles. The second-order valence-corrected chi connectivity index (χ2v) is 10.0. The Morgan fingerprint density at radius 2 is 2.06 bits per heavy atom. The van der Waals surface area contributed by atoms with Crippen molar-refractivity contribution in [1.29, 1.82) is 0 Å². The van der Waals surface area contributed by atoms with Crippen molar-refractivity contribution in [3.63, 3.8) is 0 Å². The summed E-state index contributed by atoms with van der Waals surface area (Å²) in [6.07, 6.45) is 2.59. The Morgan fingerprint density at radius 1 is 1.32 bits per heavy atom. The molecule has 3 saturated carbocycles. The van der Waals surface area contributed by atoms with E-state index in [2.05, 4.69) is 26.1 Å². The average Bonchev–Trinajstić information content (AvgIpc) is 3.07. The molecule has 8 heteroatoms. The Labute approximate surface area is 184 Å². The molecule has 1 aromatic carbocycles. The van der Waals surface area contributed by atoms with Crippen LogP contribution in [0.25, 0.3) is 0 Å². The summed E-state index contributed by atoms with van der Waals surface area (Å²) in [4.78, 5) is 23.3. The minimum absolute atomic E-state index is 0.0151. The van der Waals surface area contributed by atoms with Gasteiger partial charge in [-0.25, -0.2) is 4.79 Å². The first-order valence-corrected chi connectivity index (χ1v) is 11.0. The Kier molecular flexibility index (Phi) is 5.69. The molecular weight excluding hydrogens is 397 g/mol. The maximum atomic E-state index is 11.7. The Morgan fingerprint density at radius 3 is 2.68 bits per heavy atom. The third kappa shape index (κ3) is 3.68. The largest absolute Gasteiger partial charge is 0.496 e. The lowest BCUT2D eigenvalue weighted by Crippen LogP contribution is -2.65. The van der Waals surface area contributed by atoms with Crippen LogP contribution in [0.1, 0.15) is 56.5 Å². The molecule has 0 amide bonds. The molecule has 3 aliphatic carbocycles. The van der Waals surface area contributed by atoms with Gasteiger partial charge < -0.3 is 24.5 Å². The molecule has 1 saturated heterocycles. The molecule has 4 aliphatic rings. The van der Waals surface area contributed by atoms with Crippen LogP contribution < -0.4 is 10.1 Å². The number of carboxylic acid groups (broad SMARTS) is 1. The molecule has 2 bridgehead atoms. The van der Waals surface area contributed by atoms with E-state index < -0.39 is 13.1 Å². The second-order valence-electron chi connectivity index (χ2n) is 10.0. The first-order chi connectivity index (χ1) is 14.6. The van der Waals surface area contributed by atoms with Crippen LogP contribution in [-0.4, -0.2) is 55.3 Å². The second kappa shape index (κ2) is 7.91. The fraction of sp³-hybridized carbons (Fsp3) is 0.652. The summed E-state index contributed by atoms with van der Waals surface area (Å²) in [6.45, 7) is 8.51. The lowest BCUT2D eigenvalue weighted by atomic mass is 9.43. The molecule has 5 rings (SSSR count). The third-order valence-electron chi connectivity index (χ3n) is 7.88. The van der Waals surface area contributed by atoms with Gasteiger partial charge >= 0.3 is 13.1 Å². The number of rotatable bonds is 8. The first kappa shape index (κ1) is 22.3. The van der Waals surface area contributed by atoms with E-state index in [1.165, 1.54) is 20.1 Å².